The van der Waals surface area contributed by atoms with Crippen LogP contribution >= 0.6 is 0 Å². The average molecular weight is 284 g/mol. The van der Waals surface area contributed by atoms with Crippen LogP contribution in [0.15, 0.2) is 30.5 Å². The average Bonchev–Trinajstić information content (AvgIpc) is 2.95. The summed E-state index contributed by atoms with van der Waals surface area (Å²) in [6.07, 6.45) is 4.39. The van der Waals surface area contributed by atoms with Gasteiger partial charge in [-0.25, -0.2) is 4.98 Å². The number of fused-ring (bicyclic) bond motifs is 1. The minimum Gasteiger partial charge on any atom is -0.351 e. The molecular formula is C17H24N4. The highest BCUT2D eigenvalue weighted by Crippen LogP contribution is 2.24. The van der Waals surface area contributed by atoms with Gasteiger partial charge in [-0.3, -0.25) is 4.98 Å². The van der Waals surface area contributed by atoms with Crippen LogP contribution in [0.2, 0.25) is 0 Å². The van der Waals surface area contributed by atoms with Crippen molar-refractivity contribution in [3.05, 3.63) is 30.5 Å². The molecule has 1 aromatic heterocycles. The molecule has 0 amide bonds. The van der Waals surface area contributed by atoms with Gasteiger partial charge in [-0.1, -0.05) is 26.0 Å². The highest BCUT2D eigenvalue weighted by molar-refractivity contribution is 5.75. The number of benzene rings is 1. The Balaban J connectivity index is 1.73. The van der Waals surface area contributed by atoms with E-state index in [1.807, 2.05) is 30.5 Å². The summed E-state index contributed by atoms with van der Waals surface area (Å²) in [4.78, 5) is 11.7. The predicted octanol–water partition coefficient (Wildman–Crippen LogP) is 2.84. The van der Waals surface area contributed by atoms with Crippen molar-refractivity contribution in [3.63, 3.8) is 0 Å². The molecule has 0 radical (unpaired) electrons. The zero-order chi connectivity index (χ0) is 14.7. The lowest BCUT2D eigenvalue weighted by Gasteiger charge is -2.26. The van der Waals surface area contributed by atoms with Crippen molar-refractivity contribution in [2.24, 2.45) is 5.92 Å². The third-order valence-corrected chi connectivity index (χ3v) is 4.04. The van der Waals surface area contributed by atoms with Gasteiger partial charge >= 0.3 is 0 Å². The van der Waals surface area contributed by atoms with Gasteiger partial charge in [-0.05, 0) is 37.4 Å². The van der Waals surface area contributed by atoms with E-state index in [0.717, 1.165) is 36.5 Å². The van der Waals surface area contributed by atoms with Gasteiger partial charge in [0.25, 0.3) is 0 Å². The zero-order valence-electron chi connectivity index (χ0n) is 12.9. The molecule has 1 fully saturated rings. The van der Waals surface area contributed by atoms with Crippen LogP contribution in [0, 0.1) is 5.92 Å². The van der Waals surface area contributed by atoms with E-state index in [9.17, 15) is 0 Å². The summed E-state index contributed by atoms with van der Waals surface area (Å²) < 4.78 is 0. The quantitative estimate of drug-likeness (QED) is 0.916. The highest BCUT2D eigenvalue weighted by atomic mass is 15.2. The Bertz CT molecular complexity index is 596. The highest BCUT2D eigenvalue weighted by Gasteiger charge is 2.25. The smallest absolute Gasteiger partial charge is 0.148 e. The summed E-state index contributed by atoms with van der Waals surface area (Å²) in [7, 11) is 0. The number of hydrogen-bond acceptors (Lipinski definition) is 4. The molecule has 1 saturated heterocycles. The summed E-state index contributed by atoms with van der Waals surface area (Å²) in [5.41, 5.74) is 1.95. The topological polar surface area (TPSA) is 41.0 Å². The summed E-state index contributed by atoms with van der Waals surface area (Å²) in [5.74, 6) is 1.71. The molecule has 0 saturated carbocycles. The second-order valence-corrected chi connectivity index (χ2v) is 6.26. The number of aromatic nitrogens is 2. The first-order chi connectivity index (χ1) is 10.2. The van der Waals surface area contributed by atoms with Gasteiger partial charge in [0.05, 0.1) is 17.2 Å². The molecule has 1 aromatic carbocycles. The van der Waals surface area contributed by atoms with Crippen LogP contribution < -0.4 is 10.2 Å². The molecular weight excluding hydrogens is 260 g/mol. The van der Waals surface area contributed by atoms with E-state index in [-0.39, 0.29) is 0 Å². The van der Waals surface area contributed by atoms with Crippen LogP contribution in [0.25, 0.3) is 11.0 Å². The molecule has 4 nitrogen and oxygen atoms in total. The van der Waals surface area contributed by atoms with Crippen molar-refractivity contribution in [3.8, 4) is 0 Å². The van der Waals surface area contributed by atoms with E-state index in [2.05, 4.69) is 29.0 Å². The first-order valence-electron chi connectivity index (χ1n) is 7.93. The van der Waals surface area contributed by atoms with Gasteiger partial charge in [-0.2, -0.15) is 0 Å². The molecule has 1 unspecified atom stereocenters. The third kappa shape index (κ3) is 3.32. The summed E-state index contributed by atoms with van der Waals surface area (Å²) in [6, 6.07) is 8.61. The zero-order valence-corrected chi connectivity index (χ0v) is 12.9. The van der Waals surface area contributed by atoms with Gasteiger partial charge in [0.2, 0.25) is 0 Å². The molecule has 1 aliphatic rings. The van der Waals surface area contributed by atoms with Crippen molar-refractivity contribution in [2.75, 3.05) is 24.5 Å². The first-order valence-corrected chi connectivity index (χ1v) is 7.93. The molecule has 2 aromatic rings. The Morgan fingerprint density at radius 1 is 1.29 bits per heavy atom. The van der Waals surface area contributed by atoms with Crippen molar-refractivity contribution < 1.29 is 0 Å². The van der Waals surface area contributed by atoms with Crippen LogP contribution in [-0.4, -0.2) is 35.6 Å². The van der Waals surface area contributed by atoms with E-state index < -0.39 is 0 Å². The fraction of sp³-hybridized carbons (Fsp3) is 0.529. The molecule has 0 spiro atoms. The van der Waals surface area contributed by atoms with Crippen LogP contribution in [0.3, 0.4) is 0 Å². The Morgan fingerprint density at radius 3 is 2.90 bits per heavy atom. The molecule has 0 aliphatic carbocycles. The van der Waals surface area contributed by atoms with Crippen molar-refractivity contribution in [1.82, 2.24) is 15.3 Å². The first kappa shape index (κ1) is 14.3. The normalized spacial score (nSPS) is 18.8. The number of nitrogens with zero attached hydrogens (tertiary/aromatic N) is 3. The lowest BCUT2D eigenvalue weighted by Crippen LogP contribution is -2.39. The van der Waals surface area contributed by atoms with Crippen molar-refractivity contribution in [1.29, 1.82) is 0 Å². The fourth-order valence-corrected chi connectivity index (χ4v) is 2.97. The Kier molecular flexibility index (Phi) is 4.34. The third-order valence-electron chi connectivity index (χ3n) is 4.04. The summed E-state index contributed by atoms with van der Waals surface area (Å²) in [5, 5.41) is 3.57. The van der Waals surface area contributed by atoms with E-state index in [1.165, 1.54) is 12.8 Å². The fourth-order valence-electron chi connectivity index (χ4n) is 2.97. The van der Waals surface area contributed by atoms with Crippen molar-refractivity contribution >= 4 is 16.9 Å². The standard InChI is InChI=1S/C17H24N4/c1-13(2)10-18-11-14-6-5-9-21(14)17-12-19-15-7-3-4-8-16(15)20-17/h3-4,7-8,12-14,18H,5-6,9-11H2,1-2H3. The predicted molar refractivity (Wildman–Crippen MR) is 87.6 cm³/mol. The van der Waals surface area contributed by atoms with Crippen LogP contribution in [0.5, 0.6) is 0 Å². The summed E-state index contributed by atoms with van der Waals surface area (Å²) >= 11 is 0. The monoisotopic (exact) mass is 284 g/mol. The Hall–Kier alpha value is -1.68. The molecule has 112 valence electrons. The lowest BCUT2D eigenvalue weighted by atomic mass is 10.2. The second-order valence-electron chi connectivity index (χ2n) is 6.26. The maximum absolute atomic E-state index is 4.79. The van der Waals surface area contributed by atoms with E-state index in [4.69, 9.17) is 4.98 Å². The minimum atomic E-state index is 0.541. The minimum absolute atomic E-state index is 0.541. The number of anilines is 1. The SMILES string of the molecule is CC(C)CNCC1CCCN1c1cnc2ccccc2n1. The molecule has 1 atom stereocenters. The number of nitrogens with one attached hydrogen (secondary N) is 1. The van der Waals surface area contributed by atoms with Crippen LogP contribution in [0.1, 0.15) is 26.7 Å². The van der Waals surface area contributed by atoms with E-state index >= 15 is 0 Å². The lowest BCUT2D eigenvalue weighted by molar-refractivity contribution is 0.511. The van der Waals surface area contributed by atoms with E-state index in [1.54, 1.807) is 0 Å². The van der Waals surface area contributed by atoms with Crippen LogP contribution in [0.4, 0.5) is 5.82 Å². The molecule has 2 heterocycles. The Morgan fingerprint density at radius 2 is 2.10 bits per heavy atom. The van der Waals surface area contributed by atoms with E-state index in [0.29, 0.717) is 12.0 Å². The number of hydrogen-bond donors (Lipinski definition) is 1. The molecule has 1 N–H and O–H groups in total. The molecule has 21 heavy (non-hydrogen) atoms. The second kappa shape index (κ2) is 6.39. The van der Waals surface area contributed by atoms with Gasteiger partial charge < -0.3 is 10.2 Å². The summed E-state index contributed by atoms with van der Waals surface area (Å²) in [6.45, 7) is 7.68. The number of rotatable bonds is 5. The number of para-hydroxylation sites is 2. The molecule has 1 aliphatic heterocycles. The van der Waals surface area contributed by atoms with Gasteiger partial charge in [-0.15, -0.1) is 0 Å². The van der Waals surface area contributed by atoms with Crippen LogP contribution in [-0.2, 0) is 0 Å². The molecule has 3 rings (SSSR count). The van der Waals surface area contributed by atoms with Gasteiger partial charge in [0.15, 0.2) is 0 Å². The maximum Gasteiger partial charge on any atom is 0.148 e. The van der Waals surface area contributed by atoms with Crippen molar-refractivity contribution in [2.45, 2.75) is 32.7 Å². The van der Waals surface area contributed by atoms with Gasteiger partial charge in [0, 0.05) is 19.1 Å². The largest absolute Gasteiger partial charge is 0.351 e. The van der Waals surface area contributed by atoms with Gasteiger partial charge in [0.1, 0.15) is 5.82 Å². The maximum atomic E-state index is 4.79. The molecule has 0 bridgehead atoms. The Labute approximate surface area is 126 Å². The molecule has 4 heteroatoms.